The van der Waals surface area contributed by atoms with Crippen LogP contribution in [-0.4, -0.2) is 39.4 Å². The van der Waals surface area contributed by atoms with E-state index in [1.54, 1.807) is 23.6 Å². The van der Waals surface area contributed by atoms with E-state index in [9.17, 15) is 14.4 Å². The number of nitrogens with zero attached hydrogens (tertiary/aromatic N) is 3. The number of rotatable bonds is 8. The first-order valence-corrected chi connectivity index (χ1v) is 13.0. The van der Waals surface area contributed by atoms with Gasteiger partial charge >= 0.3 is 17.5 Å². The molecular weight excluding hydrogens is 544 g/mol. The van der Waals surface area contributed by atoms with Crippen LogP contribution in [-0.2, 0) is 11.3 Å². The Morgan fingerprint density at radius 2 is 1.74 bits per heavy atom. The number of carbonyl (C=O) groups is 1. The molecule has 6 rings (SSSR count). The highest BCUT2D eigenvalue weighted by Crippen LogP contribution is 2.36. The van der Waals surface area contributed by atoms with Crippen LogP contribution in [0.2, 0.25) is 0 Å². The molecule has 0 radical (unpaired) electrons. The van der Waals surface area contributed by atoms with Crippen LogP contribution >= 0.6 is 0 Å². The molecule has 0 amide bonds. The van der Waals surface area contributed by atoms with Gasteiger partial charge in [0.25, 0.3) is 6.01 Å². The van der Waals surface area contributed by atoms with Gasteiger partial charge in [0.1, 0.15) is 5.52 Å². The minimum Gasteiger partial charge on any atom is -0.465 e. The van der Waals surface area contributed by atoms with Crippen molar-refractivity contribution in [3.8, 4) is 39.8 Å². The number of esters is 1. The monoisotopic (exact) mass is 568 g/mol. The summed E-state index contributed by atoms with van der Waals surface area (Å²) in [7, 11) is 1.30. The van der Waals surface area contributed by atoms with Crippen LogP contribution in [0, 0.1) is 6.92 Å². The minimum absolute atomic E-state index is 0.214. The molecule has 0 aliphatic rings. The zero-order chi connectivity index (χ0) is 29.4. The van der Waals surface area contributed by atoms with Gasteiger partial charge in [-0.2, -0.15) is 4.98 Å². The molecule has 212 valence electrons. The van der Waals surface area contributed by atoms with Crippen molar-refractivity contribution in [2.75, 3.05) is 13.7 Å². The van der Waals surface area contributed by atoms with Gasteiger partial charge < -0.3 is 18.3 Å². The van der Waals surface area contributed by atoms with Crippen LogP contribution in [0.25, 0.3) is 44.9 Å². The number of nitrogens with one attached hydrogen (secondary N) is 1. The Kier molecular flexibility index (Phi) is 6.79. The molecule has 0 atom stereocenters. The van der Waals surface area contributed by atoms with Gasteiger partial charge in [0, 0.05) is 11.1 Å². The molecule has 0 saturated heterocycles. The quantitative estimate of drug-likeness (QED) is 0.253. The Labute approximate surface area is 237 Å². The minimum atomic E-state index is -0.839. The van der Waals surface area contributed by atoms with Gasteiger partial charge in [0.15, 0.2) is 17.3 Å². The number of aromatic amines is 1. The lowest BCUT2D eigenvalue weighted by atomic mass is 9.98. The highest BCUT2D eigenvalue weighted by Gasteiger charge is 2.25. The maximum Gasteiger partial charge on any atom is 0.519 e. The summed E-state index contributed by atoms with van der Waals surface area (Å²) in [5, 5.41) is 3.83. The van der Waals surface area contributed by atoms with Crippen molar-refractivity contribution in [1.82, 2.24) is 19.7 Å². The van der Waals surface area contributed by atoms with Crippen LogP contribution in [0.3, 0.4) is 0 Å². The van der Waals surface area contributed by atoms with E-state index >= 15 is 0 Å². The third kappa shape index (κ3) is 4.68. The number of hydrogen-bond donors (Lipinski definition) is 1. The maximum absolute atomic E-state index is 12.8. The van der Waals surface area contributed by atoms with Crippen molar-refractivity contribution in [1.29, 1.82) is 0 Å². The zero-order valence-electron chi connectivity index (χ0n) is 22.8. The highest BCUT2D eigenvalue weighted by molar-refractivity contribution is 6.06. The molecule has 12 nitrogen and oxygen atoms in total. The molecule has 0 bridgehead atoms. The second-order valence-electron chi connectivity index (χ2n) is 9.29. The lowest BCUT2D eigenvalue weighted by Gasteiger charge is -2.13. The first kappa shape index (κ1) is 26.6. The number of H-pyrrole nitrogens is 1. The van der Waals surface area contributed by atoms with Crippen molar-refractivity contribution in [2.45, 2.75) is 20.4 Å². The maximum atomic E-state index is 12.8. The van der Waals surface area contributed by atoms with Gasteiger partial charge in [-0.1, -0.05) is 53.7 Å². The van der Waals surface area contributed by atoms with Crippen molar-refractivity contribution < 1.29 is 27.6 Å². The van der Waals surface area contributed by atoms with E-state index in [1.807, 2.05) is 55.5 Å². The zero-order valence-corrected chi connectivity index (χ0v) is 22.8. The summed E-state index contributed by atoms with van der Waals surface area (Å²) in [6, 6.07) is 18.8. The molecule has 0 spiro atoms. The SMILES string of the molecule is CCOc1nc2c(-c3oc(=O)oc3C)ccc(C(=O)OC)c2n1Cc1ccc(-c2ccccc2-c2noc(=O)[nH]2)cc1. The molecule has 0 aliphatic heterocycles. The van der Waals surface area contributed by atoms with Crippen LogP contribution < -0.4 is 16.3 Å². The normalized spacial score (nSPS) is 11.2. The first-order valence-electron chi connectivity index (χ1n) is 13.0. The molecule has 3 heterocycles. The lowest BCUT2D eigenvalue weighted by Crippen LogP contribution is -2.09. The molecule has 3 aromatic heterocycles. The molecule has 6 aromatic rings. The molecule has 3 aromatic carbocycles. The van der Waals surface area contributed by atoms with E-state index in [0.29, 0.717) is 41.1 Å². The molecule has 0 saturated carbocycles. The van der Waals surface area contributed by atoms with Crippen molar-refractivity contribution in [2.24, 2.45) is 0 Å². The predicted molar refractivity (Wildman–Crippen MR) is 150 cm³/mol. The van der Waals surface area contributed by atoms with E-state index in [0.717, 1.165) is 16.7 Å². The predicted octanol–water partition coefficient (Wildman–Crippen LogP) is 4.80. The molecule has 0 fully saturated rings. The summed E-state index contributed by atoms with van der Waals surface area (Å²) in [5.41, 5.74) is 4.93. The fourth-order valence-corrected chi connectivity index (χ4v) is 4.91. The summed E-state index contributed by atoms with van der Waals surface area (Å²) in [4.78, 5) is 43.5. The Morgan fingerprint density at radius 1 is 0.976 bits per heavy atom. The second kappa shape index (κ2) is 10.7. The standard InChI is InChI=1S/C30H24N4O8/c1-4-39-28-31-23-21(25-16(2)40-30(37)41-25)13-14-22(27(35)38-3)24(23)34(28)15-17-9-11-18(12-10-17)19-7-5-6-8-20(19)26-32-29(36)42-33-26/h5-14H,4,15H2,1-3H3,(H,32,33,36). The smallest absolute Gasteiger partial charge is 0.465 e. The van der Waals surface area contributed by atoms with Gasteiger partial charge in [-0.05, 0) is 42.7 Å². The fourth-order valence-electron chi connectivity index (χ4n) is 4.91. The topological polar surface area (TPSA) is 156 Å². The Morgan fingerprint density at radius 3 is 2.38 bits per heavy atom. The van der Waals surface area contributed by atoms with Gasteiger partial charge in [-0.25, -0.2) is 14.4 Å². The average molecular weight is 569 g/mol. The number of carbonyl (C=O) groups excluding carboxylic acids is 1. The molecule has 1 N–H and O–H groups in total. The Bertz CT molecular complexity index is 2040. The molecular formula is C30H24N4O8. The summed E-state index contributed by atoms with van der Waals surface area (Å²) >= 11 is 0. The van der Waals surface area contributed by atoms with Crippen LogP contribution in [0.1, 0.15) is 28.6 Å². The fraction of sp³-hybridized carbons (Fsp3) is 0.167. The Hall–Kier alpha value is -5.65. The summed E-state index contributed by atoms with van der Waals surface area (Å²) in [6.07, 6.45) is 0. The number of aromatic nitrogens is 4. The average Bonchev–Trinajstić information content (AvgIpc) is 3.69. The Balaban J connectivity index is 1.45. The van der Waals surface area contributed by atoms with Crippen molar-refractivity contribution in [3.63, 3.8) is 0 Å². The van der Waals surface area contributed by atoms with Gasteiger partial charge in [0.05, 0.1) is 31.3 Å². The lowest BCUT2D eigenvalue weighted by molar-refractivity contribution is 0.0602. The van der Waals surface area contributed by atoms with E-state index < -0.39 is 17.5 Å². The van der Waals surface area contributed by atoms with E-state index in [-0.39, 0.29) is 23.1 Å². The molecule has 12 heteroatoms. The largest absolute Gasteiger partial charge is 0.519 e. The third-order valence-electron chi connectivity index (χ3n) is 6.75. The number of fused-ring (bicyclic) bond motifs is 1. The van der Waals surface area contributed by atoms with Gasteiger partial charge in [0.2, 0.25) is 0 Å². The van der Waals surface area contributed by atoms with E-state index in [4.69, 9.17) is 27.8 Å². The molecule has 0 aliphatic carbocycles. The van der Waals surface area contributed by atoms with Gasteiger partial charge in [-0.3, -0.25) is 14.1 Å². The number of ether oxygens (including phenoxy) is 2. The first-order chi connectivity index (χ1) is 20.4. The van der Waals surface area contributed by atoms with Crippen molar-refractivity contribution >= 4 is 17.0 Å². The number of imidazole rings is 1. The van der Waals surface area contributed by atoms with Crippen LogP contribution in [0.4, 0.5) is 0 Å². The van der Waals surface area contributed by atoms with Crippen molar-refractivity contribution in [3.05, 3.63) is 98.7 Å². The van der Waals surface area contributed by atoms with E-state index in [1.165, 1.54) is 7.11 Å². The molecule has 42 heavy (non-hydrogen) atoms. The number of aryl methyl sites for hydroxylation is 1. The van der Waals surface area contributed by atoms with E-state index in [2.05, 4.69) is 10.1 Å². The van der Waals surface area contributed by atoms with Crippen LogP contribution in [0.5, 0.6) is 6.01 Å². The highest BCUT2D eigenvalue weighted by atomic mass is 16.6. The second-order valence-corrected chi connectivity index (χ2v) is 9.29. The van der Waals surface area contributed by atoms with Crippen LogP contribution in [0.15, 0.2) is 83.6 Å². The number of hydrogen-bond acceptors (Lipinski definition) is 10. The number of benzene rings is 3. The third-order valence-corrected chi connectivity index (χ3v) is 6.75. The summed E-state index contributed by atoms with van der Waals surface area (Å²) < 4.78 is 27.8. The summed E-state index contributed by atoms with van der Waals surface area (Å²) in [6.45, 7) is 4.07. The van der Waals surface area contributed by atoms with Gasteiger partial charge in [-0.15, -0.1) is 0 Å². The number of methoxy groups -OCH3 is 1. The molecule has 0 unspecified atom stereocenters. The summed E-state index contributed by atoms with van der Waals surface area (Å²) in [5.74, 6) is -1.20.